The van der Waals surface area contributed by atoms with Crippen LogP contribution in [0, 0.1) is 0 Å². The number of ether oxygens (including phenoxy) is 1. The highest BCUT2D eigenvalue weighted by Gasteiger charge is 2.25. The van der Waals surface area contributed by atoms with Crippen molar-refractivity contribution in [2.24, 2.45) is 5.10 Å². The summed E-state index contributed by atoms with van der Waals surface area (Å²) >= 11 is 5.86. The molecule has 31 heavy (non-hydrogen) atoms. The Balaban J connectivity index is 1.70. The molecular weight excluding hydrogens is 424 g/mol. The Bertz CT molecular complexity index is 1250. The minimum Gasteiger partial charge on any atom is -0.497 e. The van der Waals surface area contributed by atoms with Crippen molar-refractivity contribution in [2.45, 2.75) is 0 Å². The van der Waals surface area contributed by atoms with E-state index in [0.717, 1.165) is 5.56 Å². The number of nitrogens with one attached hydrogen (secondary N) is 1. The molecule has 4 aromatic rings. The number of nitrogens with zero attached hydrogens (tertiary/aromatic N) is 6. The molecule has 156 valence electrons. The van der Waals surface area contributed by atoms with Crippen LogP contribution < -0.4 is 15.9 Å². The standard InChI is InChI=1S/C19H15ClN8O3/c1-30-14-4-2-3-12(9-14)16-15(23-27-28(16)18-17(21)25-31-26-18)19(29)24-22-10-11-5-7-13(20)8-6-11/h2-10H,1H3,(H2,21,25)(H,24,29)/b22-10-. The first-order valence-electron chi connectivity index (χ1n) is 8.84. The Morgan fingerprint density at radius 1 is 1.26 bits per heavy atom. The molecule has 11 nitrogen and oxygen atoms in total. The molecule has 0 aliphatic heterocycles. The first kappa shape index (κ1) is 20.0. The monoisotopic (exact) mass is 438 g/mol. The van der Waals surface area contributed by atoms with Crippen molar-refractivity contribution in [2.75, 3.05) is 12.8 Å². The molecule has 0 bridgehead atoms. The lowest BCUT2D eigenvalue weighted by molar-refractivity contribution is 0.0950. The van der Waals surface area contributed by atoms with E-state index in [1.807, 2.05) is 0 Å². The van der Waals surface area contributed by atoms with Crippen molar-refractivity contribution in [1.29, 1.82) is 0 Å². The molecule has 3 N–H and O–H groups in total. The molecule has 0 unspecified atom stereocenters. The highest BCUT2D eigenvalue weighted by molar-refractivity contribution is 6.30. The normalized spacial score (nSPS) is 11.0. The molecular formula is C19H15ClN8O3. The smallest absolute Gasteiger partial charge is 0.294 e. The highest BCUT2D eigenvalue weighted by Crippen LogP contribution is 2.28. The summed E-state index contributed by atoms with van der Waals surface area (Å²) in [6.07, 6.45) is 1.48. The minimum atomic E-state index is -0.593. The number of methoxy groups -OCH3 is 1. The highest BCUT2D eigenvalue weighted by atomic mass is 35.5. The maximum atomic E-state index is 12.8. The summed E-state index contributed by atoms with van der Waals surface area (Å²) < 4.78 is 11.2. The topological polar surface area (TPSA) is 146 Å². The number of hydrogen-bond acceptors (Lipinski definition) is 9. The zero-order valence-corrected chi connectivity index (χ0v) is 16.8. The Morgan fingerprint density at radius 3 is 2.77 bits per heavy atom. The van der Waals surface area contributed by atoms with Gasteiger partial charge in [-0.25, -0.2) is 10.1 Å². The second-order valence-electron chi connectivity index (χ2n) is 6.15. The number of hydrogen-bond donors (Lipinski definition) is 2. The Morgan fingerprint density at radius 2 is 2.06 bits per heavy atom. The van der Waals surface area contributed by atoms with Crippen LogP contribution in [0.5, 0.6) is 5.75 Å². The van der Waals surface area contributed by atoms with Crippen LogP contribution in [0.25, 0.3) is 17.1 Å². The largest absolute Gasteiger partial charge is 0.497 e. The van der Waals surface area contributed by atoms with Crippen LogP contribution in [0.1, 0.15) is 16.1 Å². The number of amides is 1. The van der Waals surface area contributed by atoms with Crippen LogP contribution in [0.4, 0.5) is 5.82 Å². The molecule has 2 aromatic heterocycles. The van der Waals surface area contributed by atoms with E-state index in [-0.39, 0.29) is 17.3 Å². The summed E-state index contributed by atoms with van der Waals surface area (Å²) in [5.74, 6) is 0.0590. The van der Waals surface area contributed by atoms with E-state index in [9.17, 15) is 4.79 Å². The summed E-state index contributed by atoms with van der Waals surface area (Å²) in [7, 11) is 1.54. The second kappa shape index (κ2) is 8.63. The van der Waals surface area contributed by atoms with Gasteiger partial charge in [0.15, 0.2) is 5.69 Å². The van der Waals surface area contributed by atoms with Gasteiger partial charge >= 0.3 is 0 Å². The maximum absolute atomic E-state index is 12.8. The van der Waals surface area contributed by atoms with Gasteiger partial charge in [-0.1, -0.05) is 41.1 Å². The van der Waals surface area contributed by atoms with Gasteiger partial charge in [-0.2, -0.15) is 9.78 Å². The minimum absolute atomic E-state index is 0.0103. The number of nitrogen functional groups attached to an aromatic ring is 1. The molecule has 2 aromatic carbocycles. The quantitative estimate of drug-likeness (QED) is 0.344. The molecule has 0 saturated heterocycles. The van der Waals surface area contributed by atoms with E-state index in [1.54, 1.807) is 48.5 Å². The predicted molar refractivity (Wildman–Crippen MR) is 112 cm³/mol. The number of carbonyl (C=O) groups is 1. The fraction of sp³-hybridized carbons (Fsp3) is 0.0526. The number of rotatable bonds is 6. The Labute approximate surface area is 180 Å². The summed E-state index contributed by atoms with van der Waals surface area (Å²) in [6.45, 7) is 0. The first-order chi connectivity index (χ1) is 15.1. The van der Waals surface area contributed by atoms with E-state index in [4.69, 9.17) is 22.1 Å². The third-order valence-corrected chi connectivity index (χ3v) is 4.43. The number of benzene rings is 2. The lowest BCUT2D eigenvalue weighted by atomic mass is 10.1. The van der Waals surface area contributed by atoms with Crippen molar-refractivity contribution < 1.29 is 14.2 Å². The zero-order valence-electron chi connectivity index (χ0n) is 16.1. The third-order valence-electron chi connectivity index (χ3n) is 4.17. The van der Waals surface area contributed by atoms with Crippen LogP contribution in [0.3, 0.4) is 0 Å². The van der Waals surface area contributed by atoms with Gasteiger partial charge in [0.05, 0.1) is 13.3 Å². The molecule has 0 radical (unpaired) electrons. The molecule has 0 spiro atoms. The molecule has 0 fully saturated rings. The lowest BCUT2D eigenvalue weighted by Crippen LogP contribution is -2.19. The SMILES string of the molecule is COc1cccc(-c2c(C(=O)N/N=C\c3ccc(Cl)cc3)nnn2-c2nonc2N)c1. The summed E-state index contributed by atoms with van der Waals surface area (Å²) in [4.78, 5) is 12.8. The van der Waals surface area contributed by atoms with Crippen molar-refractivity contribution in [3.63, 3.8) is 0 Å². The molecule has 1 amide bonds. The Hall–Kier alpha value is -4.25. The predicted octanol–water partition coefficient (Wildman–Crippen LogP) is 2.33. The number of halogens is 1. The van der Waals surface area contributed by atoms with E-state index in [0.29, 0.717) is 22.0 Å². The van der Waals surface area contributed by atoms with Crippen LogP contribution in [0.2, 0.25) is 5.02 Å². The molecule has 0 aliphatic rings. The van der Waals surface area contributed by atoms with Crippen LogP contribution in [-0.2, 0) is 0 Å². The van der Waals surface area contributed by atoms with Gasteiger partial charge < -0.3 is 10.5 Å². The number of carbonyl (C=O) groups excluding carboxylic acids is 1. The molecule has 12 heteroatoms. The molecule has 0 atom stereocenters. The van der Waals surface area contributed by atoms with Crippen LogP contribution >= 0.6 is 11.6 Å². The first-order valence-corrected chi connectivity index (χ1v) is 9.22. The number of anilines is 1. The van der Waals surface area contributed by atoms with Crippen LogP contribution in [0.15, 0.2) is 58.3 Å². The zero-order chi connectivity index (χ0) is 21.8. The molecule has 2 heterocycles. The fourth-order valence-electron chi connectivity index (χ4n) is 2.72. The van der Waals surface area contributed by atoms with Gasteiger partial charge in [-0.15, -0.1) is 5.10 Å². The Kier molecular flexibility index (Phi) is 5.58. The van der Waals surface area contributed by atoms with Crippen molar-refractivity contribution in [3.05, 3.63) is 64.8 Å². The van der Waals surface area contributed by atoms with E-state index in [2.05, 4.69) is 35.8 Å². The maximum Gasteiger partial charge on any atom is 0.294 e. The van der Waals surface area contributed by atoms with Crippen molar-refractivity contribution >= 4 is 29.5 Å². The summed E-state index contributed by atoms with van der Waals surface area (Å²) in [5, 5.41) is 19.8. The molecule has 0 saturated carbocycles. The molecule has 0 aliphatic carbocycles. The van der Waals surface area contributed by atoms with Gasteiger partial charge in [0, 0.05) is 10.6 Å². The van der Waals surface area contributed by atoms with Gasteiger partial charge in [0.25, 0.3) is 5.91 Å². The van der Waals surface area contributed by atoms with Gasteiger partial charge in [-0.05, 0) is 40.1 Å². The number of nitrogens with two attached hydrogens (primary N) is 1. The molecule has 4 rings (SSSR count). The average molecular weight is 439 g/mol. The van der Waals surface area contributed by atoms with Gasteiger partial charge in [-0.3, -0.25) is 4.79 Å². The van der Waals surface area contributed by atoms with Crippen molar-refractivity contribution in [3.8, 4) is 22.8 Å². The number of hydrazone groups is 1. The second-order valence-corrected chi connectivity index (χ2v) is 6.59. The summed E-state index contributed by atoms with van der Waals surface area (Å²) in [5.41, 5.74) is 9.87. The number of aromatic nitrogens is 5. The van der Waals surface area contributed by atoms with E-state index < -0.39 is 5.91 Å². The summed E-state index contributed by atoms with van der Waals surface area (Å²) in [6, 6.07) is 14.0. The van der Waals surface area contributed by atoms with Crippen LogP contribution in [-0.4, -0.2) is 44.5 Å². The van der Waals surface area contributed by atoms with Gasteiger partial charge in [0.2, 0.25) is 11.6 Å². The van der Waals surface area contributed by atoms with Crippen molar-refractivity contribution in [1.82, 2.24) is 30.7 Å². The third kappa shape index (κ3) is 4.21. The van der Waals surface area contributed by atoms with E-state index >= 15 is 0 Å². The lowest BCUT2D eigenvalue weighted by Gasteiger charge is -2.07. The van der Waals surface area contributed by atoms with E-state index in [1.165, 1.54) is 18.0 Å². The fourth-order valence-corrected chi connectivity index (χ4v) is 2.84. The average Bonchev–Trinajstić information content (AvgIpc) is 3.41. The van der Waals surface area contributed by atoms with Gasteiger partial charge in [0.1, 0.15) is 11.4 Å².